The normalized spacial score (nSPS) is 15.1. The third-order valence-electron chi connectivity index (χ3n) is 10.6. The summed E-state index contributed by atoms with van der Waals surface area (Å²) in [5, 5.41) is 23.0. The molecule has 12 heteroatoms. The van der Waals surface area contributed by atoms with E-state index in [2.05, 4.69) is 45.8 Å². The van der Waals surface area contributed by atoms with Crippen molar-refractivity contribution < 1.29 is 14.3 Å². The number of ether oxygens (including phenoxy) is 1. The van der Waals surface area contributed by atoms with Gasteiger partial charge in [0.2, 0.25) is 5.91 Å². The Morgan fingerprint density at radius 1 is 1.00 bits per heavy atom. The lowest BCUT2D eigenvalue weighted by molar-refractivity contribution is 0.0730. The second-order valence-electron chi connectivity index (χ2n) is 14.3. The summed E-state index contributed by atoms with van der Waals surface area (Å²) in [4.78, 5) is 36.3. The number of carbonyl (C=O) groups excluding carboxylic acids is 2. The summed E-state index contributed by atoms with van der Waals surface area (Å²) in [5.41, 5.74) is 14.2. The Morgan fingerprint density at radius 2 is 1.78 bits per heavy atom. The van der Waals surface area contributed by atoms with E-state index in [4.69, 9.17) is 15.5 Å². The van der Waals surface area contributed by atoms with Gasteiger partial charge in [-0.2, -0.15) is 10.4 Å². The highest BCUT2D eigenvalue weighted by Gasteiger charge is 2.26. The average Bonchev–Trinajstić information content (AvgIpc) is 3.64. The number of rotatable bonds is 13. The monoisotopic (exact) mass is 739 g/mol. The first kappa shape index (κ1) is 37.7. The zero-order valence-corrected chi connectivity index (χ0v) is 31.7. The first-order valence-electron chi connectivity index (χ1n) is 19.3. The van der Waals surface area contributed by atoms with Crippen LogP contribution in [-0.2, 0) is 37.3 Å². The third-order valence-corrected chi connectivity index (χ3v) is 10.6. The van der Waals surface area contributed by atoms with Gasteiger partial charge in [0.05, 0.1) is 35.4 Å². The fraction of sp³-hybridized carbons (Fsp3) is 0.372. The number of fused-ring (bicyclic) bond motifs is 1. The Hall–Kier alpha value is -5.61. The summed E-state index contributed by atoms with van der Waals surface area (Å²) in [6, 6.07) is 23.3. The van der Waals surface area contributed by atoms with Crippen LogP contribution in [0.25, 0.3) is 22.2 Å². The maximum Gasteiger partial charge on any atom is 0.254 e. The number of nitriles is 1. The van der Waals surface area contributed by atoms with Gasteiger partial charge in [0.1, 0.15) is 0 Å². The molecule has 2 fully saturated rings. The number of hydrogen-bond acceptors (Lipinski definition) is 9. The van der Waals surface area contributed by atoms with Gasteiger partial charge in [-0.05, 0) is 84.8 Å². The van der Waals surface area contributed by atoms with Crippen molar-refractivity contribution in [3.8, 4) is 17.2 Å². The lowest BCUT2D eigenvalue weighted by Gasteiger charge is -2.29. The Balaban J connectivity index is 1.29. The highest BCUT2D eigenvalue weighted by atomic mass is 16.5. The first-order chi connectivity index (χ1) is 26.8. The second kappa shape index (κ2) is 17.2. The molecule has 2 saturated heterocycles. The van der Waals surface area contributed by atoms with Crippen LogP contribution in [0.2, 0.25) is 0 Å². The Morgan fingerprint density at radius 3 is 2.53 bits per heavy atom. The van der Waals surface area contributed by atoms with E-state index in [0.717, 1.165) is 90.2 Å². The van der Waals surface area contributed by atoms with Crippen LogP contribution in [0.1, 0.15) is 75.4 Å². The molecule has 4 heterocycles. The molecule has 0 atom stereocenters. The number of pyridine rings is 1. The molecule has 2 amide bonds. The van der Waals surface area contributed by atoms with Gasteiger partial charge in [0, 0.05) is 87.5 Å². The number of amides is 2. The van der Waals surface area contributed by atoms with Crippen LogP contribution in [0.4, 0.5) is 5.69 Å². The summed E-state index contributed by atoms with van der Waals surface area (Å²) < 4.78 is 7.58. The number of aryl methyl sites for hydroxylation is 2. The number of anilines is 1. The van der Waals surface area contributed by atoms with Gasteiger partial charge in [-0.1, -0.05) is 37.3 Å². The van der Waals surface area contributed by atoms with Crippen molar-refractivity contribution in [2.24, 2.45) is 5.73 Å². The van der Waals surface area contributed by atoms with Crippen LogP contribution in [0, 0.1) is 11.3 Å². The van der Waals surface area contributed by atoms with Gasteiger partial charge >= 0.3 is 0 Å². The molecule has 0 bridgehead atoms. The van der Waals surface area contributed by atoms with E-state index in [9.17, 15) is 14.9 Å². The molecule has 55 heavy (non-hydrogen) atoms. The number of primary amides is 1. The van der Waals surface area contributed by atoms with Gasteiger partial charge in [-0.3, -0.25) is 14.5 Å². The van der Waals surface area contributed by atoms with Gasteiger partial charge < -0.3 is 26.0 Å². The first-order valence-corrected chi connectivity index (χ1v) is 19.3. The number of benzene rings is 3. The van der Waals surface area contributed by atoms with Crippen molar-refractivity contribution >= 4 is 28.5 Å². The number of piperazine rings is 1. The van der Waals surface area contributed by atoms with Crippen molar-refractivity contribution in [3.05, 3.63) is 112 Å². The Bertz CT molecular complexity index is 2210. The van der Waals surface area contributed by atoms with Crippen molar-refractivity contribution in [2.75, 3.05) is 44.7 Å². The Labute approximate surface area is 322 Å². The third kappa shape index (κ3) is 8.55. The molecule has 2 aromatic heterocycles. The van der Waals surface area contributed by atoms with Crippen LogP contribution in [0.5, 0.6) is 0 Å². The molecular formula is C43H49N9O3. The molecule has 0 unspecified atom stereocenters. The van der Waals surface area contributed by atoms with E-state index in [1.54, 1.807) is 29.2 Å². The Kier molecular flexibility index (Phi) is 11.8. The average molecular weight is 740 g/mol. The van der Waals surface area contributed by atoms with Crippen LogP contribution in [0.15, 0.2) is 72.9 Å². The number of carbonyl (C=O) groups is 2. The van der Waals surface area contributed by atoms with Crippen molar-refractivity contribution in [1.82, 2.24) is 29.9 Å². The van der Waals surface area contributed by atoms with Crippen molar-refractivity contribution in [3.63, 3.8) is 0 Å². The van der Waals surface area contributed by atoms with E-state index in [-0.39, 0.29) is 30.6 Å². The van der Waals surface area contributed by atoms with Gasteiger partial charge in [-0.15, -0.1) is 0 Å². The summed E-state index contributed by atoms with van der Waals surface area (Å²) >= 11 is 0. The maximum absolute atomic E-state index is 14.7. The van der Waals surface area contributed by atoms with Gasteiger partial charge in [-0.25, -0.2) is 9.67 Å². The zero-order valence-electron chi connectivity index (χ0n) is 31.7. The molecule has 4 N–H and O–H groups in total. The molecule has 12 nitrogen and oxygen atoms in total. The molecule has 5 aromatic rings. The standard InChI is InChI=1S/C43H49N9O3/c1-3-39-38(40(48-35-13-19-55-20-14-35)37-25-47-52(4-2)42(37)49-39)28-51(43(54)33-10-6-9-32(23-33)41(45)53)27-30-11-12-34(24-44)36(22-30)31-8-5-7-29(21-31)26-50-17-15-46-16-18-50/h5-12,21-23,25,35,46H,3-4,13-20,26-28H2,1-2H3,(H2,45,53)(H,48,49). The molecule has 3 aromatic carbocycles. The molecule has 0 spiro atoms. The summed E-state index contributed by atoms with van der Waals surface area (Å²) in [7, 11) is 0. The number of aromatic nitrogens is 3. The van der Waals surface area contributed by atoms with E-state index in [0.29, 0.717) is 37.3 Å². The second-order valence-corrected chi connectivity index (χ2v) is 14.3. The quantitative estimate of drug-likeness (QED) is 0.142. The maximum atomic E-state index is 14.7. The highest BCUT2D eigenvalue weighted by molar-refractivity contribution is 5.99. The summed E-state index contributed by atoms with van der Waals surface area (Å²) in [5.74, 6) is -0.855. The van der Waals surface area contributed by atoms with Crippen LogP contribution >= 0.6 is 0 Å². The number of nitrogens with one attached hydrogen (secondary N) is 2. The van der Waals surface area contributed by atoms with Crippen LogP contribution < -0.4 is 16.4 Å². The topological polar surface area (TPSA) is 154 Å². The fourth-order valence-electron chi connectivity index (χ4n) is 7.67. The largest absolute Gasteiger partial charge is 0.381 e. The van der Waals surface area contributed by atoms with E-state index < -0.39 is 5.91 Å². The van der Waals surface area contributed by atoms with E-state index in [1.165, 1.54) is 5.56 Å². The number of hydrogen-bond donors (Lipinski definition) is 3. The van der Waals surface area contributed by atoms with Crippen LogP contribution in [-0.4, -0.2) is 81.8 Å². The van der Waals surface area contributed by atoms with Crippen molar-refractivity contribution in [2.45, 2.75) is 65.3 Å². The smallest absolute Gasteiger partial charge is 0.254 e. The number of nitrogens with zero attached hydrogens (tertiary/aromatic N) is 6. The molecule has 2 aliphatic heterocycles. The van der Waals surface area contributed by atoms with Gasteiger partial charge in [0.25, 0.3) is 5.91 Å². The molecular weight excluding hydrogens is 691 g/mol. The predicted molar refractivity (Wildman–Crippen MR) is 213 cm³/mol. The zero-order chi connectivity index (χ0) is 38.3. The minimum atomic E-state index is -0.601. The molecule has 0 aliphatic carbocycles. The molecule has 2 aliphatic rings. The molecule has 0 saturated carbocycles. The van der Waals surface area contributed by atoms with Crippen LogP contribution in [0.3, 0.4) is 0 Å². The van der Waals surface area contributed by atoms with Crippen molar-refractivity contribution in [1.29, 1.82) is 5.26 Å². The minimum absolute atomic E-state index is 0.188. The highest BCUT2D eigenvalue weighted by Crippen LogP contribution is 2.34. The lowest BCUT2D eigenvalue weighted by Crippen LogP contribution is -2.42. The van der Waals surface area contributed by atoms with E-state index in [1.807, 2.05) is 48.1 Å². The molecule has 7 rings (SSSR count). The predicted octanol–water partition coefficient (Wildman–Crippen LogP) is 5.49. The molecule has 284 valence electrons. The summed E-state index contributed by atoms with van der Waals surface area (Å²) in [6.07, 6.45) is 4.23. The SMILES string of the molecule is CCc1nc2c(cnn2CC)c(NC2CCOCC2)c1CN(Cc1ccc(C#N)c(-c2cccc(CN3CCNCC3)c2)c1)C(=O)c1cccc(C(N)=O)c1. The molecule has 0 radical (unpaired) electrons. The fourth-order valence-corrected chi connectivity index (χ4v) is 7.67. The van der Waals surface area contributed by atoms with Gasteiger partial charge in [0.15, 0.2) is 5.65 Å². The number of nitrogens with two attached hydrogens (primary N) is 1. The summed E-state index contributed by atoms with van der Waals surface area (Å²) in [6.45, 7) is 11.4. The minimum Gasteiger partial charge on any atom is -0.381 e. The van der Waals surface area contributed by atoms with E-state index >= 15 is 0 Å². The lowest BCUT2D eigenvalue weighted by atomic mass is 9.96.